The van der Waals surface area contributed by atoms with E-state index in [0.717, 1.165) is 12.1 Å². The van der Waals surface area contributed by atoms with E-state index in [1.54, 1.807) is 24.3 Å². The molecule has 0 saturated carbocycles. The Bertz CT molecular complexity index is 628. The molecule has 0 radical (unpaired) electrons. The van der Waals surface area contributed by atoms with Crippen molar-refractivity contribution in [3.05, 3.63) is 64.2 Å². The minimum Gasteiger partial charge on any atom is -0.450 e. The Kier molecular flexibility index (Phi) is 4.90. The molecule has 0 aromatic heterocycles. The molecule has 0 spiro atoms. The van der Waals surface area contributed by atoms with Crippen molar-refractivity contribution in [1.82, 2.24) is 5.32 Å². The highest BCUT2D eigenvalue weighted by atomic mass is 16.6. The molecular formula is C16H18N2O3. The summed E-state index contributed by atoms with van der Waals surface area (Å²) in [4.78, 5) is 10.5. The number of hydrogen-bond acceptors (Lipinski definition) is 4. The standard InChI is InChI=1S/C16H18N2O3/c1-3-17-12(2)13-7-6-8-14(11-13)21-16-10-5-4-9-15(16)18(19)20/h4-12,17H,3H2,1-2H3. The highest BCUT2D eigenvalue weighted by molar-refractivity contribution is 5.48. The van der Waals surface area contributed by atoms with E-state index in [1.165, 1.54) is 6.07 Å². The van der Waals surface area contributed by atoms with Gasteiger partial charge in [0.25, 0.3) is 0 Å². The van der Waals surface area contributed by atoms with Crippen LogP contribution in [0, 0.1) is 10.1 Å². The second-order valence-corrected chi connectivity index (χ2v) is 4.68. The number of ether oxygens (including phenoxy) is 1. The lowest BCUT2D eigenvalue weighted by atomic mass is 10.1. The molecule has 1 N–H and O–H groups in total. The van der Waals surface area contributed by atoms with E-state index in [9.17, 15) is 10.1 Å². The van der Waals surface area contributed by atoms with E-state index in [0.29, 0.717) is 5.75 Å². The van der Waals surface area contributed by atoms with Crippen LogP contribution in [-0.4, -0.2) is 11.5 Å². The molecule has 0 aliphatic heterocycles. The number of benzene rings is 2. The number of para-hydroxylation sites is 2. The number of nitro groups is 1. The Balaban J connectivity index is 2.24. The van der Waals surface area contributed by atoms with Crippen LogP contribution >= 0.6 is 0 Å². The Morgan fingerprint density at radius 3 is 2.71 bits per heavy atom. The van der Waals surface area contributed by atoms with Crippen LogP contribution in [-0.2, 0) is 0 Å². The maximum atomic E-state index is 11.0. The second-order valence-electron chi connectivity index (χ2n) is 4.68. The fourth-order valence-electron chi connectivity index (χ4n) is 2.09. The summed E-state index contributed by atoms with van der Waals surface area (Å²) in [5.41, 5.74) is 1.04. The largest absolute Gasteiger partial charge is 0.450 e. The lowest BCUT2D eigenvalue weighted by Crippen LogP contribution is -2.17. The zero-order valence-corrected chi connectivity index (χ0v) is 12.1. The van der Waals surface area contributed by atoms with Crippen LogP contribution in [0.2, 0.25) is 0 Å². The average Bonchev–Trinajstić information content (AvgIpc) is 2.48. The van der Waals surface area contributed by atoms with Crippen molar-refractivity contribution >= 4 is 5.69 Å². The molecule has 21 heavy (non-hydrogen) atoms. The van der Waals surface area contributed by atoms with E-state index in [-0.39, 0.29) is 17.5 Å². The van der Waals surface area contributed by atoms with Crippen molar-refractivity contribution < 1.29 is 9.66 Å². The molecule has 110 valence electrons. The van der Waals surface area contributed by atoms with E-state index in [1.807, 2.05) is 25.1 Å². The van der Waals surface area contributed by atoms with Gasteiger partial charge in [0, 0.05) is 12.1 Å². The highest BCUT2D eigenvalue weighted by Crippen LogP contribution is 2.31. The summed E-state index contributed by atoms with van der Waals surface area (Å²) in [5, 5.41) is 14.3. The molecule has 0 bridgehead atoms. The van der Waals surface area contributed by atoms with Crippen LogP contribution < -0.4 is 10.1 Å². The van der Waals surface area contributed by atoms with Gasteiger partial charge >= 0.3 is 5.69 Å². The number of nitro benzene ring substituents is 1. The Hall–Kier alpha value is -2.40. The molecule has 0 amide bonds. The summed E-state index contributed by atoms with van der Waals surface area (Å²) in [6.07, 6.45) is 0. The lowest BCUT2D eigenvalue weighted by molar-refractivity contribution is -0.385. The fraction of sp³-hybridized carbons (Fsp3) is 0.250. The number of hydrogen-bond donors (Lipinski definition) is 1. The van der Waals surface area contributed by atoms with Crippen molar-refractivity contribution in [3.8, 4) is 11.5 Å². The molecular weight excluding hydrogens is 268 g/mol. The maximum Gasteiger partial charge on any atom is 0.311 e. The first kappa shape index (κ1) is 15.0. The van der Waals surface area contributed by atoms with Crippen molar-refractivity contribution in [2.75, 3.05) is 6.54 Å². The fourth-order valence-corrected chi connectivity index (χ4v) is 2.09. The van der Waals surface area contributed by atoms with Gasteiger partial charge in [0.2, 0.25) is 5.75 Å². The summed E-state index contributed by atoms with van der Waals surface area (Å²) in [5.74, 6) is 0.835. The van der Waals surface area contributed by atoms with Gasteiger partial charge in [0.15, 0.2) is 0 Å². The minimum atomic E-state index is -0.444. The van der Waals surface area contributed by atoms with Crippen molar-refractivity contribution in [2.24, 2.45) is 0 Å². The molecule has 2 rings (SSSR count). The Morgan fingerprint density at radius 2 is 2.00 bits per heavy atom. The lowest BCUT2D eigenvalue weighted by Gasteiger charge is -2.14. The van der Waals surface area contributed by atoms with Crippen molar-refractivity contribution in [2.45, 2.75) is 19.9 Å². The van der Waals surface area contributed by atoms with Crippen LogP contribution in [0.5, 0.6) is 11.5 Å². The Morgan fingerprint density at radius 1 is 1.24 bits per heavy atom. The summed E-state index contributed by atoms with van der Waals surface area (Å²) in [7, 11) is 0. The molecule has 0 aliphatic rings. The third-order valence-corrected chi connectivity index (χ3v) is 3.16. The highest BCUT2D eigenvalue weighted by Gasteiger charge is 2.14. The predicted octanol–water partition coefficient (Wildman–Crippen LogP) is 4.06. The summed E-state index contributed by atoms with van der Waals surface area (Å²) < 4.78 is 5.67. The molecule has 5 nitrogen and oxygen atoms in total. The summed E-state index contributed by atoms with van der Waals surface area (Å²) in [6.45, 7) is 4.98. The molecule has 1 unspecified atom stereocenters. The quantitative estimate of drug-likeness (QED) is 0.642. The third-order valence-electron chi connectivity index (χ3n) is 3.16. The normalized spacial score (nSPS) is 11.9. The minimum absolute atomic E-state index is 0.0392. The first-order chi connectivity index (χ1) is 10.1. The van der Waals surface area contributed by atoms with E-state index in [4.69, 9.17) is 4.74 Å². The summed E-state index contributed by atoms with van der Waals surface area (Å²) >= 11 is 0. The van der Waals surface area contributed by atoms with Crippen LogP contribution in [0.4, 0.5) is 5.69 Å². The molecule has 0 aliphatic carbocycles. The van der Waals surface area contributed by atoms with E-state index in [2.05, 4.69) is 12.2 Å². The smallest absolute Gasteiger partial charge is 0.311 e. The van der Waals surface area contributed by atoms with Crippen LogP contribution in [0.1, 0.15) is 25.5 Å². The van der Waals surface area contributed by atoms with Crippen molar-refractivity contribution in [1.29, 1.82) is 0 Å². The molecule has 0 fully saturated rings. The first-order valence-corrected chi connectivity index (χ1v) is 6.86. The Labute approximate surface area is 123 Å². The summed E-state index contributed by atoms with van der Waals surface area (Å²) in [6, 6.07) is 14.1. The molecule has 2 aromatic rings. The van der Waals surface area contributed by atoms with Crippen LogP contribution in [0.15, 0.2) is 48.5 Å². The monoisotopic (exact) mass is 286 g/mol. The molecule has 0 heterocycles. The number of nitrogens with zero attached hydrogens (tertiary/aromatic N) is 1. The SMILES string of the molecule is CCNC(C)c1cccc(Oc2ccccc2[N+](=O)[O-])c1. The maximum absolute atomic E-state index is 11.0. The zero-order valence-electron chi connectivity index (χ0n) is 12.1. The van der Waals surface area contributed by atoms with Gasteiger partial charge < -0.3 is 10.1 Å². The third kappa shape index (κ3) is 3.79. The van der Waals surface area contributed by atoms with Gasteiger partial charge in [-0.2, -0.15) is 0 Å². The van der Waals surface area contributed by atoms with E-state index < -0.39 is 4.92 Å². The average molecular weight is 286 g/mol. The molecule has 2 aromatic carbocycles. The van der Waals surface area contributed by atoms with Gasteiger partial charge in [-0.05, 0) is 37.2 Å². The zero-order chi connectivity index (χ0) is 15.2. The molecule has 5 heteroatoms. The van der Waals surface area contributed by atoms with Gasteiger partial charge in [-0.3, -0.25) is 10.1 Å². The van der Waals surface area contributed by atoms with Gasteiger partial charge in [-0.25, -0.2) is 0 Å². The van der Waals surface area contributed by atoms with Crippen molar-refractivity contribution in [3.63, 3.8) is 0 Å². The van der Waals surface area contributed by atoms with Gasteiger partial charge in [0.1, 0.15) is 5.75 Å². The van der Waals surface area contributed by atoms with Gasteiger partial charge in [-0.15, -0.1) is 0 Å². The van der Waals surface area contributed by atoms with E-state index >= 15 is 0 Å². The topological polar surface area (TPSA) is 64.4 Å². The van der Waals surface area contributed by atoms with Crippen LogP contribution in [0.3, 0.4) is 0 Å². The second kappa shape index (κ2) is 6.85. The number of nitrogens with one attached hydrogen (secondary N) is 1. The molecule has 1 atom stereocenters. The predicted molar refractivity (Wildman–Crippen MR) is 81.7 cm³/mol. The molecule has 0 saturated heterocycles. The van der Waals surface area contributed by atoms with Gasteiger partial charge in [0.05, 0.1) is 4.92 Å². The number of rotatable bonds is 6. The van der Waals surface area contributed by atoms with Crippen LogP contribution in [0.25, 0.3) is 0 Å². The first-order valence-electron chi connectivity index (χ1n) is 6.86. The van der Waals surface area contributed by atoms with Gasteiger partial charge in [-0.1, -0.05) is 31.2 Å².